The first-order chi connectivity index (χ1) is 10.7. The topological polar surface area (TPSA) is 79.3 Å². The van der Waals surface area contributed by atoms with E-state index in [9.17, 15) is 14.7 Å². The van der Waals surface area contributed by atoms with Gasteiger partial charge in [0.25, 0.3) is 5.91 Å². The van der Waals surface area contributed by atoms with Crippen molar-refractivity contribution in [2.24, 2.45) is 0 Å². The fourth-order valence-corrected chi connectivity index (χ4v) is 2.86. The van der Waals surface area contributed by atoms with Gasteiger partial charge in [-0.05, 0) is 19.1 Å². The van der Waals surface area contributed by atoms with E-state index in [-0.39, 0.29) is 31.5 Å². The van der Waals surface area contributed by atoms with Crippen LogP contribution in [0, 0.1) is 6.92 Å². The maximum Gasteiger partial charge on any atom is 0.338 e. The van der Waals surface area contributed by atoms with E-state index in [1.54, 1.807) is 25.1 Å². The summed E-state index contributed by atoms with van der Waals surface area (Å²) in [5, 5.41) is 10.7. The van der Waals surface area contributed by atoms with E-state index in [1.807, 2.05) is 0 Å². The highest BCUT2D eigenvalue weighted by molar-refractivity contribution is 6.54. The molecule has 1 heterocycles. The smallest absolute Gasteiger partial charge is 0.338 e. The molecule has 0 aliphatic carbocycles. The summed E-state index contributed by atoms with van der Waals surface area (Å²) in [4.78, 5) is 27.9. The molecule has 1 aromatic carbocycles. The highest BCUT2D eigenvalue weighted by Crippen LogP contribution is 2.41. The number of hydrogen-bond acceptors (Lipinski definition) is 3. The summed E-state index contributed by atoms with van der Waals surface area (Å²) in [5.74, 6) is -2.05. The molecule has 0 saturated carbocycles. The first-order valence-corrected chi connectivity index (χ1v) is 7.59. The summed E-state index contributed by atoms with van der Waals surface area (Å²) in [6, 6.07) is 4.96. The average molecular weight is 394 g/mol. The van der Waals surface area contributed by atoms with Crippen LogP contribution >= 0.6 is 46.4 Å². The van der Waals surface area contributed by atoms with Crippen molar-refractivity contribution in [1.82, 2.24) is 4.98 Å². The van der Waals surface area contributed by atoms with E-state index in [2.05, 4.69) is 10.3 Å². The molecular weight excluding hydrogens is 386 g/mol. The van der Waals surface area contributed by atoms with Crippen LogP contribution in [0.2, 0.25) is 20.1 Å². The number of amides is 1. The maximum atomic E-state index is 12.4. The molecule has 0 bridgehead atoms. The van der Waals surface area contributed by atoms with Gasteiger partial charge in [0.1, 0.15) is 5.82 Å². The Hall–Kier alpha value is -1.53. The van der Waals surface area contributed by atoms with Crippen LogP contribution in [0.1, 0.15) is 26.4 Å². The van der Waals surface area contributed by atoms with Gasteiger partial charge in [-0.3, -0.25) is 4.79 Å². The van der Waals surface area contributed by atoms with E-state index in [1.165, 1.54) is 0 Å². The van der Waals surface area contributed by atoms with Gasteiger partial charge in [0.2, 0.25) is 0 Å². The Morgan fingerprint density at radius 2 is 1.57 bits per heavy atom. The van der Waals surface area contributed by atoms with Gasteiger partial charge in [0, 0.05) is 5.69 Å². The molecule has 2 N–H and O–H groups in total. The van der Waals surface area contributed by atoms with Crippen LogP contribution in [0.3, 0.4) is 0 Å². The largest absolute Gasteiger partial charge is 0.478 e. The molecule has 23 heavy (non-hydrogen) atoms. The number of aryl methyl sites for hydroxylation is 1. The van der Waals surface area contributed by atoms with Gasteiger partial charge in [-0.1, -0.05) is 52.5 Å². The number of benzene rings is 1. The number of aromatic carboxylic acids is 1. The van der Waals surface area contributed by atoms with Crippen molar-refractivity contribution in [1.29, 1.82) is 0 Å². The summed E-state index contributed by atoms with van der Waals surface area (Å²) in [5.41, 5.74) is -0.252. The van der Waals surface area contributed by atoms with Crippen molar-refractivity contribution >= 4 is 64.1 Å². The fourth-order valence-electron chi connectivity index (χ4n) is 1.84. The van der Waals surface area contributed by atoms with Gasteiger partial charge in [0.05, 0.1) is 31.2 Å². The van der Waals surface area contributed by atoms with Crippen molar-refractivity contribution in [3.8, 4) is 0 Å². The molecule has 0 fully saturated rings. The van der Waals surface area contributed by atoms with Crippen molar-refractivity contribution < 1.29 is 14.7 Å². The summed E-state index contributed by atoms with van der Waals surface area (Å²) >= 11 is 23.6. The molecule has 0 atom stereocenters. The summed E-state index contributed by atoms with van der Waals surface area (Å²) in [6.45, 7) is 1.74. The quantitative estimate of drug-likeness (QED) is 0.570. The van der Waals surface area contributed by atoms with Crippen molar-refractivity contribution in [2.45, 2.75) is 6.92 Å². The molecule has 2 rings (SSSR count). The Morgan fingerprint density at radius 1 is 1.00 bits per heavy atom. The third-order valence-electron chi connectivity index (χ3n) is 2.84. The molecule has 5 nitrogen and oxygen atoms in total. The van der Waals surface area contributed by atoms with Crippen LogP contribution in [0.25, 0.3) is 0 Å². The second-order valence-corrected chi connectivity index (χ2v) is 5.94. The molecule has 120 valence electrons. The molecule has 0 saturated heterocycles. The fraction of sp³-hybridized carbons (Fsp3) is 0.0714. The number of pyridine rings is 1. The van der Waals surface area contributed by atoms with Crippen molar-refractivity contribution in [3.05, 3.63) is 55.1 Å². The lowest BCUT2D eigenvalue weighted by atomic mass is 10.1. The van der Waals surface area contributed by atoms with Gasteiger partial charge >= 0.3 is 5.97 Å². The number of carboxylic acid groups (broad SMARTS) is 1. The number of hydrogen-bond donors (Lipinski definition) is 2. The molecular formula is C14H8Cl4N2O3. The average Bonchev–Trinajstić information content (AvgIpc) is 2.48. The third-order valence-corrected chi connectivity index (χ3v) is 4.64. The zero-order valence-electron chi connectivity index (χ0n) is 11.5. The number of aromatic nitrogens is 1. The van der Waals surface area contributed by atoms with Crippen LogP contribution in [-0.4, -0.2) is 22.0 Å². The van der Waals surface area contributed by atoms with Crippen molar-refractivity contribution in [3.63, 3.8) is 0 Å². The van der Waals surface area contributed by atoms with Gasteiger partial charge in [-0.2, -0.15) is 0 Å². The third kappa shape index (κ3) is 3.53. The molecule has 2 aromatic rings. The normalized spacial score (nSPS) is 10.5. The SMILES string of the molecule is Cc1cccc(NC(=O)c2c(Cl)c(Cl)c(Cl)c(Cl)c2C(=O)O)n1. The standard InChI is InChI=1S/C14H8Cl4N2O3/c1-5-3-2-4-6(19-5)20-13(21)7-8(14(22)23)10(16)12(18)11(17)9(7)15/h2-4H,1H3,(H,22,23)(H,19,20,21). The molecule has 0 radical (unpaired) electrons. The highest BCUT2D eigenvalue weighted by atomic mass is 35.5. The Bertz CT molecular complexity index is 824. The first-order valence-electron chi connectivity index (χ1n) is 6.08. The zero-order valence-corrected chi connectivity index (χ0v) is 14.5. The Balaban J connectivity index is 2.58. The minimum atomic E-state index is -1.46. The monoisotopic (exact) mass is 392 g/mol. The van der Waals surface area contributed by atoms with Gasteiger partial charge in [-0.15, -0.1) is 0 Å². The molecule has 0 aliphatic rings. The lowest BCUT2D eigenvalue weighted by molar-refractivity contribution is 0.0692. The Kier molecular flexibility index (Phi) is 5.37. The second kappa shape index (κ2) is 6.93. The van der Waals surface area contributed by atoms with Crippen LogP contribution < -0.4 is 5.32 Å². The van der Waals surface area contributed by atoms with Crippen LogP contribution in [0.5, 0.6) is 0 Å². The minimum absolute atomic E-state index is 0.203. The number of rotatable bonds is 3. The molecule has 0 unspecified atom stereocenters. The van der Waals surface area contributed by atoms with E-state index in [0.717, 1.165) is 0 Å². The lowest BCUT2D eigenvalue weighted by Gasteiger charge is -2.13. The molecule has 9 heteroatoms. The maximum absolute atomic E-state index is 12.4. The second-order valence-electron chi connectivity index (χ2n) is 4.43. The van der Waals surface area contributed by atoms with Gasteiger partial charge in [-0.25, -0.2) is 9.78 Å². The van der Waals surface area contributed by atoms with E-state index >= 15 is 0 Å². The molecule has 0 spiro atoms. The number of nitrogens with one attached hydrogen (secondary N) is 1. The van der Waals surface area contributed by atoms with Crippen LogP contribution in [0.4, 0.5) is 5.82 Å². The minimum Gasteiger partial charge on any atom is -0.478 e. The number of halogens is 4. The van der Waals surface area contributed by atoms with Gasteiger partial charge < -0.3 is 10.4 Å². The number of nitrogens with zero attached hydrogens (tertiary/aromatic N) is 1. The predicted molar refractivity (Wildman–Crippen MR) is 90.4 cm³/mol. The van der Waals surface area contributed by atoms with E-state index in [4.69, 9.17) is 46.4 Å². The molecule has 1 aromatic heterocycles. The van der Waals surface area contributed by atoms with Crippen molar-refractivity contribution in [2.75, 3.05) is 5.32 Å². The Labute approximate surface area is 151 Å². The number of carbonyl (C=O) groups is 2. The van der Waals surface area contributed by atoms with Gasteiger partial charge in [0.15, 0.2) is 0 Å². The summed E-state index contributed by atoms with van der Waals surface area (Å²) < 4.78 is 0. The number of carboxylic acids is 1. The lowest BCUT2D eigenvalue weighted by Crippen LogP contribution is -2.19. The molecule has 0 aliphatic heterocycles. The predicted octanol–water partition coefficient (Wildman–Crippen LogP) is 4.95. The zero-order chi connectivity index (χ0) is 17.3. The van der Waals surface area contributed by atoms with E-state index < -0.39 is 17.4 Å². The Morgan fingerprint density at radius 3 is 2.09 bits per heavy atom. The van der Waals surface area contributed by atoms with Crippen LogP contribution in [-0.2, 0) is 0 Å². The van der Waals surface area contributed by atoms with E-state index in [0.29, 0.717) is 5.69 Å². The summed E-state index contributed by atoms with van der Waals surface area (Å²) in [6.07, 6.45) is 0. The first kappa shape index (κ1) is 17.8. The number of anilines is 1. The van der Waals surface area contributed by atoms with Crippen LogP contribution in [0.15, 0.2) is 18.2 Å². The molecule has 1 amide bonds. The highest BCUT2D eigenvalue weighted by Gasteiger charge is 2.29. The number of carbonyl (C=O) groups excluding carboxylic acids is 1. The summed E-state index contributed by atoms with van der Waals surface area (Å²) in [7, 11) is 0.